The summed E-state index contributed by atoms with van der Waals surface area (Å²) in [7, 11) is 0. The molecule has 0 spiro atoms. The summed E-state index contributed by atoms with van der Waals surface area (Å²) in [5.41, 5.74) is 1.01. The number of likely N-dealkylation sites (tertiary alicyclic amines) is 1. The number of hydrogen-bond donors (Lipinski definition) is 0. The highest BCUT2D eigenvalue weighted by molar-refractivity contribution is 6.43. The molecule has 1 fully saturated rings. The lowest BCUT2D eigenvalue weighted by molar-refractivity contribution is 0.0650. The van der Waals surface area contributed by atoms with Gasteiger partial charge in [-0.3, -0.25) is 9.59 Å². The zero-order valence-corrected chi connectivity index (χ0v) is 16.6. The summed E-state index contributed by atoms with van der Waals surface area (Å²) in [4.78, 5) is 27.4. The van der Waals surface area contributed by atoms with Crippen molar-refractivity contribution in [3.63, 3.8) is 0 Å². The molecule has 4 rings (SSSR count). The number of hydrogen-bond acceptors (Lipinski definition) is 4. The third-order valence-electron chi connectivity index (χ3n) is 5.16. The van der Waals surface area contributed by atoms with E-state index in [-0.39, 0.29) is 22.6 Å². The molecular formula is C21H19Cl2NO4. The Balaban J connectivity index is 1.42. The molecule has 0 aliphatic carbocycles. The van der Waals surface area contributed by atoms with Crippen LogP contribution in [-0.4, -0.2) is 42.9 Å². The molecule has 0 unspecified atom stereocenters. The highest BCUT2D eigenvalue weighted by Gasteiger charge is 2.30. The number of nitrogens with zero attached hydrogens (tertiary/aromatic N) is 1. The average Bonchev–Trinajstić information content (AvgIpc) is 2.74. The molecule has 7 heteroatoms. The van der Waals surface area contributed by atoms with Gasteiger partial charge in [-0.2, -0.15) is 0 Å². The number of ether oxygens (including phenoxy) is 2. The van der Waals surface area contributed by atoms with Crippen LogP contribution in [0.1, 0.15) is 33.6 Å². The van der Waals surface area contributed by atoms with Crippen LogP contribution in [0.2, 0.25) is 10.0 Å². The molecule has 1 saturated heterocycles. The SMILES string of the molecule is O=C(c1ccc2c(c1)OCCO2)C1CCN(C(=O)c2cccc(Cl)c2Cl)CC1. The van der Waals surface area contributed by atoms with E-state index in [4.69, 9.17) is 32.7 Å². The van der Waals surface area contributed by atoms with Crippen molar-refractivity contribution in [3.05, 3.63) is 57.6 Å². The first-order chi connectivity index (χ1) is 13.5. The largest absolute Gasteiger partial charge is 0.486 e. The number of carbonyl (C=O) groups is 2. The number of benzene rings is 2. The van der Waals surface area contributed by atoms with Crippen LogP contribution >= 0.6 is 23.2 Å². The van der Waals surface area contributed by atoms with Crippen LogP contribution in [0.3, 0.4) is 0 Å². The van der Waals surface area contributed by atoms with Crippen LogP contribution in [0, 0.1) is 5.92 Å². The van der Waals surface area contributed by atoms with Crippen molar-refractivity contribution in [3.8, 4) is 11.5 Å². The molecule has 2 aliphatic rings. The Bertz CT molecular complexity index is 923. The predicted octanol–water partition coefficient (Wildman–Crippen LogP) is 4.50. The normalized spacial score (nSPS) is 16.7. The highest BCUT2D eigenvalue weighted by atomic mass is 35.5. The number of Topliss-reactive ketones (excluding diaryl/α,β-unsaturated/α-hetero) is 1. The third kappa shape index (κ3) is 3.69. The number of fused-ring (bicyclic) bond motifs is 1. The van der Waals surface area contributed by atoms with Gasteiger partial charge in [0, 0.05) is 24.6 Å². The molecule has 0 atom stereocenters. The minimum absolute atomic E-state index is 0.0739. The van der Waals surface area contributed by atoms with Crippen molar-refractivity contribution in [1.29, 1.82) is 0 Å². The van der Waals surface area contributed by atoms with Gasteiger partial charge in [0.15, 0.2) is 17.3 Å². The van der Waals surface area contributed by atoms with Gasteiger partial charge in [-0.15, -0.1) is 0 Å². The maximum atomic E-state index is 12.9. The molecule has 5 nitrogen and oxygen atoms in total. The summed E-state index contributed by atoms with van der Waals surface area (Å²) in [5.74, 6) is 1.07. The molecule has 0 saturated carbocycles. The van der Waals surface area contributed by atoms with Crippen LogP contribution in [0.4, 0.5) is 0 Å². The Morgan fingerprint density at radius 1 is 0.964 bits per heavy atom. The van der Waals surface area contributed by atoms with Crippen LogP contribution in [0.15, 0.2) is 36.4 Å². The van der Waals surface area contributed by atoms with E-state index in [1.54, 1.807) is 41.3 Å². The molecule has 1 amide bonds. The quantitative estimate of drug-likeness (QED) is 0.687. The lowest BCUT2D eigenvalue weighted by atomic mass is 9.88. The minimum Gasteiger partial charge on any atom is -0.486 e. The van der Waals surface area contributed by atoms with Crippen molar-refractivity contribution in [2.75, 3.05) is 26.3 Å². The molecule has 2 heterocycles. The fraction of sp³-hybridized carbons (Fsp3) is 0.333. The van der Waals surface area contributed by atoms with Crippen LogP contribution < -0.4 is 9.47 Å². The lowest BCUT2D eigenvalue weighted by Crippen LogP contribution is -2.40. The van der Waals surface area contributed by atoms with E-state index >= 15 is 0 Å². The van der Waals surface area contributed by atoms with Gasteiger partial charge in [-0.05, 0) is 43.2 Å². The van der Waals surface area contributed by atoms with E-state index in [9.17, 15) is 9.59 Å². The van der Waals surface area contributed by atoms with E-state index in [0.717, 1.165) is 0 Å². The van der Waals surface area contributed by atoms with Crippen LogP contribution in [0.5, 0.6) is 11.5 Å². The second-order valence-electron chi connectivity index (χ2n) is 6.89. The number of piperidine rings is 1. The van der Waals surface area contributed by atoms with Crippen molar-refractivity contribution in [2.24, 2.45) is 5.92 Å². The van der Waals surface area contributed by atoms with Crippen molar-refractivity contribution in [1.82, 2.24) is 4.90 Å². The first-order valence-corrected chi connectivity index (χ1v) is 9.97. The lowest BCUT2D eigenvalue weighted by Gasteiger charge is -2.31. The Morgan fingerprint density at radius 2 is 1.68 bits per heavy atom. The Hall–Kier alpha value is -2.24. The fourth-order valence-electron chi connectivity index (χ4n) is 3.62. The standard InChI is InChI=1S/C21H19Cl2NO4/c22-16-3-1-2-15(19(16)23)21(26)24-8-6-13(7-9-24)20(25)14-4-5-17-18(12-14)28-11-10-27-17/h1-5,12-13H,6-11H2. The number of carbonyl (C=O) groups excluding carboxylic acids is 2. The Kier molecular flexibility index (Phi) is 5.47. The maximum absolute atomic E-state index is 12.9. The van der Waals surface area contributed by atoms with Gasteiger partial charge in [0.1, 0.15) is 13.2 Å². The molecule has 146 valence electrons. The predicted molar refractivity (Wildman–Crippen MR) is 107 cm³/mol. The van der Waals surface area contributed by atoms with Crippen molar-refractivity contribution in [2.45, 2.75) is 12.8 Å². The fourth-order valence-corrected chi connectivity index (χ4v) is 4.00. The number of rotatable bonds is 3. The molecule has 28 heavy (non-hydrogen) atoms. The van der Waals surface area contributed by atoms with Crippen molar-refractivity contribution < 1.29 is 19.1 Å². The second-order valence-corrected chi connectivity index (χ2v) is 7.68. The summed E-state index contributed by atoms with van der Waals surface area (Å²) >= 11 is 12.2. The number of halogens is 2. The van der Waals surface area contributed by atoms with Gasteiger partial charge in [0.2, 0.25) is 0 Å². The van der Waals surface area contributed by atoms with Gasteiger partial charge in [0.05, 0.1) is 15.6 Å². The smallest absolute Gasteiger partial charge is 0.255 e. The Labute approximate surface area is 173 Å². The minimum atomic E-state index is -0.155. The molecule has 2 aromatic carbocycles. The van der Waals surface area contributed by atoms with Gasteiger partial charge in [-0.1, -0.05) is 29.3 Å². The van der Waals surface area contributed by atoms with Crippen LogP contribution in [-0.2, 0) is 0 Å². The zero-order chi connectivity index (χ0) is 19.7. The summed E-state index contributed by atoms with van der Waals surface area (Å²) in [6.45, 7) is 2.01. The van der Waals surface area contributed by atoms with E-state index in [1.165, 1.54) is 0 Å². The van der Waals surface area contributed by atoms with Gasteiger partial charge >= 0.3 is 0 Å². The summed E-state index contributed by atoms with van der Waals surface area (Å²) < 4.78 is 11.1. The van der Waals surface area contributed by atoms with Gasteiger partial charge < -0.3 is 14.4 Å². The average molecular weight is 420 g/mol. The molecule has 0 N–H and O–H groups in total. The second kappa shape index (κ2) is 8.02. The molecule has 0 radical (unpaired) electrons. The summed E-state index contributed by atoms with van der Waals surface area (Å²) in [5, 5.41) is 0.625. The van der Waals surface area contributed by atoms with E-state index in [2.05, 4.69) is 0 Å². The van der Waals surface area contributed by atoms with Crippen LogP contribution in [0.25, 0.3) is 0 Å². The van der Waals surface area contributed by atoms with Crippen molar-refractivity contribution >= 4 is 34.9 Å². The summed E-state index contributed by atoms with van der Waals surface area (Å²) in [6, 6.07) is 10.3. The molecule has 0 bridgehead atoms. The molecule has 2 aromatic rings. The number of ketones is 1. The van der Waals surface area contributed by atoms with E-state index in [1.807, 2.05) is 0 Å². The molecule has 0 aromatic heterocycles. The first-order valence-electron chi connectivity index (χ1n) is 9.22. The molecule has 2 aliphatic heterocycles. The monoisotopic (exact) mass is 419 g/mol. The van der Waals surface area contributed by atoms with Gasteiger partial charge in [-0.25, -0.2) is 0 Å². The topological polar surface area (TPSA) is 55.8 Å². The number of amides is 1. The highest BCUT2D eigenvalue weighted by Crippen LogP contribution is 2.33. The maximum Gasteiger partial charge on any atom is 0.255 e. The Morgan fingerprint density at radius 3 is 2.43 bits per heavy atom. The zero-order valence-electron chi connectivity index (χ0n) is 15.1. The van der Waals surface area contributed by atoms with Gasteiger partial charge in [0.25, 0.3) is 5.91 Å². The van der Waals surface area contributed by atoms with E-state index < -0.39 is 0 Å². The first kappa shape index (κ1) is 19.1. The molecular weight excluding hydrogens is 401 g/mol. The van der Waals surface area contributed by atoms with E-state index in [0.29, 0.717) is 66.8 Å². The third-order valence-corrected chi connectivity index (χ3v) is 5.98. The summed E-state index contributed by atoms with van der Waals surface area (Å²) in [6.07, 6.45) is 1.22.